The van der Waals surface area contributed by atoms with Crippen molar-refractivity contribution in [2.24, 2.45) is 12.8 Å². The number of hydrogen-bond acceptors (Lipinski definition) is 4. The van der Waals surface area contributed by atoms with Gasteiger partial charge in [-0.3, -0.25) is 9.48 Å². The molecule has 0 aliphatic rings. The fourth-order valence-corrected chi connectivity index (χ4v) is 1.16. The monoisotopic (exact) mass is 196 g/mol. The van der Waals surface area contributed by atoms with Crippen LogP contribution in [0.3, 0.4) is 0 Å². The van der Waals surface area contributed by atoms with Crippen molar-refractivity contribution >= 4 is 5.78 Å². The highest BCUT2D eigenvalue weighted by molar-refractivity contribution is 5.80. The lowest BCUT2D eigenvalue weighted by molar-refractivity contribution is -0.118. The van der Waals surface area contributed by atoms with Crippen molar-refractivity contribution in [1.29, 1.82) is 0 Å². The second-order valence-corrected chi connectivity index (χ2v) is 3.61. The van der Waals surface area contributed by atoms with Gasteiger partial charge in [-0.05, 0) is 13.3 Å². The van der Waals surface area contributed by atoms with E-state index >= 15 is 0 Å². The topological polar surface area (TPSA) is 73.8 Å². The summed E-state index contributed by atoms with van der Waals surface area (Å²) in [6.45, 7) is 1.90. The molecule has 0 fully saturated rings. The summed E-state index contributed by atoms with van der Waals surface area (Å²) in [5.41, 5.74) is 6.28. The molecule has 1 atom stereocenters. The van der Waals surface area contributed by atoms with Crippen molar-refractivity contribution in [2.45, 2.75) is 32.2 Å². The zero-order chi connectivity index (χ0) is 10.6. The van der Waals surface area contributed by atoms with Gasteiger partial charge in [0.2, 0.25) is 0 Å². The summed E-state index contributed by atoms with van der Waals surface area (Å²) in [6.07, 6.45) is 3.37. The second kappa shape index (κ2) is 4.85. The highest BCUT2D eigenvalue weighted by Crippen LogP contribution is 2.00. The number of Topliss-reactive ketones (excluding diaryl/α,β-unsaturated/α-hetero) is 1. The molecule has 5 heteroatoms. The minimum Gasteiger partial charge on any atom is -0.328 e. The molecule has 5 nitrogen and oxygen atoms in total. The van der Waals surface area contributed by atoms with E-state index in [1.165, 1.54) is 0 Å². The van der Waals surface area contributed by atoms with Gasteiger partial charge in [0, 0.05) is 25.7 Å². The molecular formula is C9H16N4O. The van der Waals surface area contributed by atoms with E-state index in [4.69, 9.17) is 5.73 Å². The fourth-order valence-electron chi connectivity index (χ4n) is 1.16. The van der Waals surface area contributed by atoms with Gasteiger partial charge in [-0.2, -0.15) is 0 Å². The molecule has 1 unspecified atom stereocenters. The van der Waals surface area contributed by atoms with Crippen molar-refractivity contribution in [2.75, 3.05) is 0 Å². The van der Waals surface area contributed by atoms with Crippen molar-refractivity contribution < 1.29 is 4.79 Å². The number of aromatic nitrogens is 3. The summed E-state index contributed by atoms with van der Waals surface area (Å²) in [5, 5.41) is 7.60. The first kappa shape index (κ1) is 10.8. The first-order valence-corrected chi connectivity index (χ1v) is 4.70. The van der Waals surface area contributed by atoms with Gasteiger partial charge >= 0.3 is 0 Å². The van der Waals surface area contributed by atoms with Gasteiger partial charge in [0.15, 0.2) is 0 Å². The van der Waals surface area contributed by atoms with Gasteiger partial charge in [-0.25, -0.2) is 0 Å². The van der Waals surface area contributed by atoms with Gasteiger partial charge in [0.05, 0.1) is 12.1 Å². The van der Waals surface area contributed by atoms with Gasteiger partial charge in [-0.1, -0.05) is 5.21 Å². The van der Waals surface area contributed by atoms with E-state index in [2.05, 4.69) is 10.3 Å². The first-order chi connectivity index (χ1) is 6.58. The molecule has 0 radical (unpaired) electrons. The third-order valence-corrected chi connectivity index (χ3v) is 1.91. The molecule has 1 aromatic rings. The Morgan fingerprint density at radius 3 is 2.93 bits per heavy atom. The van der Waals surface area contributed by atoms with Crippen LogP contribution in [0.1, 0.15) is 25.5 Å². The third-order valence-electron chi connectivity index (χ3n) is 1.91. The fraction of sp³-hybridized carbons (Fsp3) is 0.667. The molecule has 0 amide bonds. The number of aryl methyl sites for hydroxylation is 1. The molecule has 1 heterocycles. The van der Waals surface area contributed by atoms with Crippen LogP contribution in [0.5, 0.6) is 0 Å². The molecule has 14 heavy (non-hydrogen) atoms. The summed E-state index contributed by atoms with van der Waals surface area (Å²) in [4.78, 5) is 11.4. The van der Waals surface area contributed by atoms with Crippen LogP contribution in [0.2, 0.25) is 0 Å². The average Bonchev–Trinajstić information content (AvgIpc) is 2.48. The van der Waals surface area contributed by atoms with Crippen LogP contribution < -0.4 is 5.73 Å². The number of carbonyl (C=O) groups is 1. The molecule has 0 spiro atoms. The van der Waals surface area contributed by atoms with E-state index in [0.717, 1.165) is 12.1 Å². The Labute approximate surface area is 83.3 Å². The summed E-state index contributed by atoms with van der Waals surface area (Å²) >= 11 is 0. The number of nitrogens with zero attached hydrogens (tertiary/aromatic N) is 3. The van der Waals surface area contributed by atoms with E-state index in [1.807, 2.05) is 6.92 Å². The Balaban J connectivity index is 2.34. The summed E-state index contributed by atoms with van der Waals surface area (Å²) < 4.78 is 1.59. The van der Waals surface area contributed by atoms with E-state index < -0.39 is 0 Å². The second-order valence-electron chi connectivity index (χ2n) is 3.61. The van der Waals surface area contributed by atoms with Gasteiger partial charge < -0.3 is 5.73 Å². The van der Waals surface area contributed by atoms with Crippen LogP contribution in [-0.4, -0.2) is 26.8 Å². The van der Waals surface area contributed by atoms with Crippen LogP contribution in [0.25, 0.3) is 0 Å². The number of hydrogen-bond donors (Lipinski definition) is 1. The maximum absolute atomic E-state index is 11.4. The molecule has 0 aromatic carbocycles. The molecular weight excluding hydrogens is 180 g/mol. The molecule has 0 aliphatic heterocycles. The Kier molecular flexibility index (Phi) is 3.76. The van der Waals surface area contributed by atoms with Crippen molar-refractivity contribution in [1.82, 2.24) is 15.0 Å². The minimum absolute atomic E-state index is 0.0841. The van der Waals surface area contributed by atoms with Crippen LogP contribution >= 0.6 is 0 Å². The normalized spacial score (nSPS) is 12.8. The maximum Gasteiger partial charge on any atom is 0.139 e. The quantitative estimate of drug-likeness (QED) is 0.722. The lowest BCUT2D eigenvalue weighted by Crippen LogP contribution is -2.17. The van der Waals surface area contributed by atoms with Gasteiger partial charge in [0.25, 0.3) is 0 Å². The zero-order valence-corrected chi connectivity index (χ0v) is 8.60. The molecule has 0 saturated heterocycles. The first-order valence-electron chi connectivity index (χ1n) is 4.70. The number of nitrogens with two attached hydrogens (primary N) is 1. The number of ketones is 1. The Morgan fingerprint density at radius 2 is 2.43 bits per heavy atom. The third kappa shape index (κ3) is 3.66. The predicted molar refractivity (Wildman–Crippen MR) is 52.6 cm³/mol. The molecule has 2 N–H and O–H groups in total. The SMILES string of the molecule is CC(N)CCC(=O)Cc1cn(C)nn1. The van der Waals surface area contributed by atoms with Crippen molar-refractivity contribution in [3.8, 4) is 0 Å². The summed E-state index contributed by atoms with van der Waals surface area (Å²) in [7, 11) is 1.78. The highest BCUT2D eigenvalue weighted by Gasteiger charge is 2.07. The highest BCUT2D eigenvalue weighted by atomic mass is 16.1. The lowest BCUT2D eigenvalue weighted by atomic mass is 10.1. The Bertz CT molecular complexity index is 306. The summed E-state index contributed by atoms with van der Waals surface area (Å²) in [5.74, 6) is 0.169. The van der Waals surface area contributed by atoms with E-state index in [-0.39, 0.29) is 11.8 Å². The Morgan fingerprint density at radius 1 is 1.71 bits per heavy atom. The molecule has 0 saturated carbocycles. The largest absolute Gasteiger partial charge is 0.328 e. The predicted octanol–water partition coefficient (Wildman–Crippen LogP) is 0.0541. The molecule has 1 rings (SSSR count). The standard InChI is InChI=1S/C9H16N4O/c1-7(10)3-4-9(14)5-8-6-13(2)12-11-8/h6-7H,3-5,10H2,1-2H3. The van der Waals surface area contributed by atoms with Gasteiger partial charge in [0.1, 0.15) is 5.78 Å². The average molecular weight is 196 g/mol. The molecule has 1 aromatic heterocycles. The molecule has 78 valence electrons. The van der Waals surface area contributed by atoms with Crippen molar-refractivity contribution in [3.05, 3.63) is 11.9 Å². The van der Waals surface area contributed by atoms with E-state index in [1.54, 1.807) is 17.9 Å². The van der Waals surface area contributed by atoms with E-state index in [0.29, 0.717) is 12.8 Å². The minimum atomic E-state index is 0.0841. The van der Waals surface area contributed by atoms with E-state index in [9.17, 15) is 4.79 Å². The smallest absolute Gasteiger partial charge is 0.139 e. The zero-order valence-electron chi connectivity index (χ0n) is 8.60. The number of carbonyl (C=O) groups excluding carboxylic acids is 1. The lowest BCUT2D eigenvalue weighted by Gasteiger charge is -2.02. The van der Waals surface area contributed by atoms with Crippen LogP contribution in [-0.2, 0) is 18.3 Å². The molecule has 0 bridgehead atoms. The molecule has 0 aliphatic carbocycles. The van der Waals surface area contributed by atoms with Gasteiger partial charge in [-0.15, -0.1) is 5.10 Å². The van der Waals surface area contributed by atoms with Crippen LogP contribution in [0.4, 0.5) is 0 Å². The van der Waals surface area contributed by atoms with Crippen LogP contribution in [0, 0.1) is 0 Å². The maximum atomic E-state index is 11.4. The van der Waals surface area contributed by atoms with Crippen molar-refractivity contribution in [3.63, 3.8) is 0 Å². The number of rotatable bonds is 5. The summed E-state index contributed by atoms with van der Waals surface area (Å²) in [6, 6.07) is 0.0841. The van der Waals surface area contributed by atoms with Crippen LogP contribution in [0.15, 0.2) is 6.20 Å². The Hall–Kier alpha value is -1.23.